The van der Waals surface area contributed by atoms with E-state index in [0.29, 0.717) is 11.7 Å². The fourth-order valence-corrected chi connectivity index (χ4v) is 2.12. The number of hydrogen-bond acceptors (Lipinski definition) is 4. The Morgan fingerprint density at radius 2 is 1.85 bits per heavy atom. The number of anilines is 1. The van der Waals surface area contributed by atoms with Crippen LogP contribution in [-0.2, 0) is 12.8 Å². The highest BCUT2D eigenvalue weighted by atomic mass is 15.3. The predicted octanol–water partition coefficient (Wildman–Crippen LogP) is 2.86. The molecule has 106 valence electrons. The van der Waals surface area contributed by atoms with Crippen LogP contribution in [0.5, 0.6) is 0 Å². The third-order valence-corrected chi connectivity index (χ3v) is 3.07. The highest BCUT2D eigenvalue weighted by Crippen LogP contribution is 2.13. The number of hydrazine groups is 1. The zero-order chi connectivity index (χ0) is 14.5. The van der Waals surface area contributed by atoms with Crippen molar-refractivity contribution in [3.05, 3.63) is 53.0 Å². The SMILES string of the molecule is Cc1ccc(Cc2nc(CC(C)C)cc(NN)n2)cc1. The van der Waals surface area contributed by atoms with Gasteiger partial charge in [0.2, 0.25) is 0 Å². The van der Waals surface area contributed by atoms with Crippen LogP contribution in [-0.4, -0.2) is 9.97 Å². The van der Waals surface area contributed by atoms with Crippen LogP contribution in [0.25, 0.3) is 0 Å². The lowest BCUT2D eigenvalue weighted by atomic mass is 10.1. The molecule has 3 N–H and O–H groups in total. The molecule has 20 heavy (non-hydrogen) atoms. The van der Waals surface area contributed by atoms with Crippen LogP contribution >= 0.6 is 0 Å². The van der Waals surface area contributed by atoms with Gasteiger partial charge in [0.15, 0.2) is 0 Å². The molecule has 0 saturated heterocycles. The van der Waals surface area contributed by atoms with Crippen molar-refractivity contribution in [3.63, 3.8) is 0 Å². The maximum Gasteiger partial charge on any atom is 0.143 e. The molecule has 1 aromatic carbocycles. The Bertz CT molecular complexity index is 561. The van der Waals surface area contributed by atoms with Crippen LogP contribution in [0.4, 0.5) is 5.82 Å². The number of rotatable bonds is 5. The Kier molecular flexibility index (Phi) is 4.69. The molecule has 2 rings (SSSR count). The average Bonchev–Trinajstić information content (AvgIpc) is 2.40. The lowest BCUT2D eigenvalue weighted by Gasteiger charge is -2.09. The number of nitrogens with two attached hydrogens (primary N) is 1. The molecular formula is C16H22N4. The van der Waals surface area contributed by atoms with Crippen molar-refractivity contribution >= 4 is 5.82 Å². The van der Waals surface area contributed by atoms with Gasteiger partial charge in [-0.1, -0.05) is 43.7 Å². The van der Waals surface area contributed by atoms with Gasteiger partial charge in [0.05, 0.1) is 0 Å². The molecule has 4 heteroatoms. The number of aryl methyl sites for hydroxylation is 1. The average molecular weight is 270 g/mol. The molecule has 1 heterocycles. The summed E-state index contributed by atoms with van der Waals surface area (Å²) in [5, 5.41) is 0. The number of aromatic nitrogens is 2. The number of nitrogens with zero attached hydrogens (tertiary/aromatic N) is 2. The van der Waals surface area contributed by atoms with Crippen molar-refractivity contribution in [1.82, 2.24) is 9.97 Å². The Balaban J connectivity index is 2.23. The van der Waals surface area contributed by atoms with Gasteiger partial charge in [0.1, 0.15) is 11.6 Å². The minimum Gasteiger partial charge on any atom is -0.308 e. The van der Waals surface area contributed by atoms with E-state index >= 15 is 0 Å². The molecule has 4 nitrogen and oxygen atoms in total. The zero-order valence-electron chi connectivity index (χ0n) is 12.4. The van der Waals surface area contributed by atoms with Gasteiger partial charge in [-0.15, -0.1) is 0 Å². The molecule has 0 saturated carbocycles. The lowest BCUT2D eigenvalue weighted by Crippen LogP contribution is -2.12. The fraction of sp³-hybridized carbons (Fsp3) is 0.375. The van der Waals surface area contributed by atoms with Gasteiger partial charge >= 0.3 is 0 Å². The molecule has 0 bridgehead atoms. The second-order valence-corrected chi connectivity index (χ2v) is 5.57. The minimum absolute atomic E-state index is 0.558. The van der Waals surface area contributed by atoms with E-state index in [9.17, 15) is 0 Å². The van der Waals surface area contributed by atoms with Crippen LogP contribution in [0, 0.1) is 12.8 Å². The number of nitrogen functional groups attached to an aromatic ring is 1. The summed E-state index contributed by atoms with van der Waals surface area (Å²) in [5.74, 6) is 7.53. The minimum atomic E-state index is 0.558. The molecule has 0 aliphatic rings. The summed E-state index contributed by atoms with van der Waals surface area (Å²) in [4.78, 5) is 9.06. The first-order valence-corrected chi connectivity index (χ1v) is 6.96. The third kappa shape index (κ3) is 4.03. The van der Waals surface area contributed by atoms with Gasteiger partial charge in [0.25, 0.3) is 0 Å². The molecule has 0 fully saturated rings. The summed E-state index contributed by atoms with van der Waals surface area (Å²) in [7, 11) is 0. The van der Waals surface area contributed by atoms with E-state index in [1.807, 2.05) is 6.07 Å². The molecule has 0 radical (unpaired) electrons. The van der Waals surface area contributed by atoms with E-state index < -0.39 is 0 Å². The van der Waals surface area contributed by atoms with E-state index in [2.05, 4.69) is 60.4 Å². The van der Waals surface area contributed by atoms with E-state index in [4.69, 9.17) is 5.84 Å². The van der Waals surface area contributed by atoms with E-state index in [1.54, 1.807) is 0 Å². The van der Waals surface area contributed by atoms with Crippen LogP contribution < -0.4 is 11.3 Å². The van der Waals surface area contributed by atoms with Crippen molar-refractivity contribution in [3.8, 4) is 0 Å². The number of hydrogen-bond donors (Lipinski definition) is 2. The summed E-state index contributed by atoms with van der Waals surface area (Å²) in [6, 6.07) is 10.4. The maximum absolute atomic E-state index is 5.49. The molecule has 0 unspecified atom stereocenters. The van der Waals surface area contributed by atoms with Gasteiger partial charge in [-0.25, -0.2) is 15.8 Å². The van der Waals surface area contributed by atoms with Crippen molar-refractivity contribution in [2.75, 3.05) is 5.43 Å². The Labute approximate surface area is 120 Å². The topological polar surface area (TPSA) is 63.8 Å². The second-order valence-electron chi connectivity index (χ2n) is 5.57. The van der Waals surface area contributed by atoms with Gasteiger partial charge < -0.3 is 5.43 Å². The predicted molar refractivity (Wildman–Crippen MR) is 82.4 cm³/mol. The van der Waals surface area contributed by atoms with Gasteiger partial charge in [-0.05, 0) is 24.8 Å². The quantitative estimate of drug-likeness (QED) is 0.648. The Hall–Kier alpha value is -1.94. The smallest absolute Gasteiger partial charge is 0.143 e. The van der Waals surface area contributed by atoms with E-state index in [-0.39, 0.29) is 0 Å². The second kappa shape index (κ2) is 6.48. The van der Waals surface area contributed by atoms with Gasteiger partial charge in [-0.3, -0.25) is 0 Å². The summed E-state index contributed by atoms with van der Waals surface area (Å²) in [6.45, 7) is 6.44. The molecule has 0 amide bonds. The molecule has 0 aliphatic carbocycles. The summed E-state index contributed by atoms with van der Waals surface area (Å²) in [5.41, 5.74) is 6.12. The summed E-state index contributed by atoms with van der Waals surface area (Å²) < 4.78 is 0. The van der Waals surface area contributed by atoms with Crippen molar-refractivity contribution in [1.29, 1.82) is 0 Å². The Morgan fingerprint density at radius 1 is 1.15 bits per heavy atom. The maximum atomic E-state index is 5.49. The fourth-order valence-electron chi connectivity index (χ4n) is 2.12. The van der Waals surface area contributed by atoms with E-state index in [0.717, 1.165) is 24.4 Å². The van der Waals surface area contributed by atoms with Crippen molar-refractivity contribution in [2.45, 2.75) is 33.6 Å². The molecule has 0 aliphatic heterocycles. The van der Waals surface area contributed by atoms with Gasteiger partial charge in [-0.2, -0.15) is 0 Å². The first kappa shape index (κ1) is 14.5. The highest BCUT2D eigenvalue weighted by Gasteiger charge is 2.07. The first-order chi connectivity index (χ1) is 9.56. The number of benzene rings is 1. The molecule has 0 spiro atoms. The Morgan fingerprint density at radius 3 is 2.45 bits per heavy atom. The zero-order valence-corrected chi connectivity index (χ0v) is 12.4. The number of nitrogens with one attached hydrogen (secondary N) is 1. The van der Waals surface area contributed by atoms with E-state index in [1.165, 1.54) is 11.1 Å². The lowest BCUT2D eigenvalue weighted by molar-refractivity contribution is 0.631. The molecule has 1 aromatic heterocycles. The largest absolute Gasteiger partial charge is 0.308 e. The van der Waals surface area contributed by atoms with Crippen molar-refractivity contribution in [2.24, 2.45) is 11.8 Å². The summed E-state index contributed by atoms with van der Waals surface area (Å²) >= 11 is 0. The molecular weight excluding hydrogens is 248 g/mol. The summed E-state index contributed by atoms with van der Waals surface area (Å²) in [6.07, 6.45) is 1.65. The van der Waals surface area contributed by atoms with Gasteiger partial charge in [0, 0.05) is 18.2 Å². The third-order valence-electron chi connectivity index (χ3n) is 3.07. The molecule has 0 atom stereocenters. The highest BCUT2D eigenvalue weighted by molar-refractivity contribution is 5.35. The normalized spacial score (nSPS) is 10.8. The molecule has 2 aromatic rings. The monoisotopic (exact) mass is 270 g/mol. The van der Waals surface area contributed by atoms with Crippen molar-refractivity contribution < 1.29 is 0 Å². The van der Waals surface area contributed by atoms with Crippen LogP contribution in [0.3, 0.4) is 0 Å². The standard InChI is InChI=1S/C16H22N4/c1-11(2)8-14-10-16(20-17)19-15(18-14)9-13-6-4-12(3)5-7-13/h4-7,10-11H,8-9,17H2,1-3H3,(H,18,19,20). The van der Waals surface area contributed by atoms with Crippen LogP contribution in [0.15, 0.2) is 30.3 Å². The van der Waals surface area contributed by atoms with Crippen LogP contribution in [0.1, 0.15) is 36.5 Å². The first-order valence-electron chi connectivity index (χ1n) is 6.96. The van der Waals surface area contributed by atoms with Crippen LogP contribution in [0.2, 0.25) is 0 Å².